The van der Waals surface area contributed by atoms with E-state index in [2.05, 4.69) is 161 Å². The summed E-state index contributed by atoms with van der Waals surface area (Å²) in [4.78, 5) is 0. The Hall–Kier alpha value is -0.665. The number of benzene rings is 3. The van der Waals surface area contributed by atoms with Crippen LogP contribution in [-0.2, 0) is 0 Å². The molecule has 0 nitrogen and oxygen atoms in total. The van der Waals surface area contributed by atoms with Gasteiger partial charge in [0.15, 0.2) is 0 Å². The Balaban J connectivity index is 2.22. The third kappa shape index (κ3) is 8.03. The monoisotopic (exact) mass is 834 g/mol. The second-order valence-electron chi connectivity index (χ2n) is 17.4. The van der Waals surface area contributed by atoms with E-state index in [4.69, 9.17) is 0 Å². The topological polar surface area (TPSA) is 0 Å². The van der Waals surface area contributed by atoms with Crippen molar-refractivity contribution in [3.63, 3.8) is 0 Å². The van der Waals surface area contributed by atoms with E-state index in [1.807, 2.05) is 13.1 Å². The van der Waals surface area contributed by atoms with Gasteiger partial charge in [0.1, 0.15) is 0 Å². The predicted octanol–water partition coefficient (Wildman–Crippen LogP) is 11.6. The van der Waals surface area contributed by atoms with Gasteiger partial charge in [-0.25, -0.2) is 0 Å². The zero-order valence-electron chi connectivity index (χ0n) is 34.0. The molecule has 0 aliphatic carbocycles. The maximum absolute atomic E-state index is 2.69. The molecular weight excluding hydrogens is 765 g/mol. The zero-order valence-corrected chi connectivity index (χ0v) is 39.6. The minimum absolute atomic E-state index is 0.561. The van der Waals surface area contributed by atoms with Crippen molar-refractivity contribution >= 4 is 44.6 Å². The van der Waals surface area contributed by atoms with Crippen LogP contribution < -0.4 is 13.1 Å². The molecule has 264 valence electrons. The van der Waals surface area contributed by atoms with Crippen LogP contribution in [0.4, 0.5) is 0 Å². The van der Waals surface area contributed by atoms with Crippen LogP contribution in [0.5, 0.6) is 0 Å². The molecule has 0 unspecified atom stereocenters. The Morgan fingerprint density at radius 2 is 0.396 bits per heavy atom. The zero-order chi connectivity index (χ0) is 36.1. The van der Waals surface area contributed by atoms with Crippen molar-refractivity contribution in [3.05, 3.63) is 86.5 Å². The Bertz CT molecular complexity index is 1300. The number of rotatable bonds is 12. The molecule has 0 radical (unpaired) electrons. The first kappa shape index (κ1) is 40.1. The maximum atomic E-state index is 2.69. The van der Waals surface area contributed by atoms with Crippen molar-refractivity contribution < 1.29 is 0 Å². The molecule has 0 bridgehead atoms. The molecule has 48 heavy (non-hydrogen) atoms. The van der Waals surface area contributed by atoms with Crippen LogP contribution in [0.15, 0.2) is 36.4 Å². The van der Waals surface area contributed by atoms with Gasteiger partial charge in [-0.1, -0.05) is 0 Å². The molecule has 1 fully saturated rings. The first-order chi connectivity index (χ1) is 22.3. The van der Waals surface area contributed by atoms with E-state index >= 15 is 0 Å². The summed E-state index contributed by atoms with van der Waals surface area (Å²) in [7, 11) is -4.12. The Morgan fingerprint density at radius 3 is 0.500 bits per heavy atom. The van der Waals surface area contributed by atoms with Crippen LogP contribution in [0.25, 0.3) is 0 Å². The van der Waals surface area contributed by atoms with Crippen LogP contribution >= 0.6 is 0 Å². The van der Waals surface area contributed by atoms with E-state index in [1.165, 1.54) is 0 Å². The molecule has 1 heterocycles. The van der Waals surface area contributed by atoms with Crippen LogP contribution in [-0.4, -0.2) is 31.6 Å². The summed E-state index contributed by atoms with van der Waals surface area (Å²) in [5.74, 6) is 5.06. The summed E-state index contributed by atoms with van der Waals surface area (Å²) in [6, 6.07) is 16.1. The van der Waals surface area contributed by atoms with E-state index < -0.39 is 31.6 Å². The fraction of sp³-hybridized carbons (Fsp3) is 0.600. The van der Waals surface area contributed by atoms with Gasteiger partial charge in [0.2, 0.25) is 0 Å². The minimum atomic E-state index is -1.37. The van der Waals surface area contributed by atoms with E-state index in [0.717, 1.165) is 0 Å². The molecule has 1 aliphatic heterocycles. The molecule has 3 aromatic rings. The number of hydrogen-bond donors (Lipinski definition) is 0. The SMILES string of the molecule is CC(C)c1cc(C(C)C)c([As]2[As](c3c(C(C)C)cc(C(C)C)cc3C(C)C)[As]2c2c(C(C)C)cc(C(C)C)cc2C(C)C)c(C(C)C)c1. The Labute approximate surface area is 306 Å². The van der Waals surface area contributed by atoms with Gasteiger partial charge in [-0.3, -0.25) is 0 Å². The third-order valence-electron chi connectivity index (χ3n) is 10.4. The molecule has 0 aromatic heterocycles. The summed E-state index contributed by atoms with van der Waals surface area (Å²) in [6.07, 6.45) is 0. The van der Waals surface area contributed by atoms with Crippen molar-refractivity contribution in [1.82, 2.24) is 0 Å². The van der Waals surface area contributed by atoms with Crippen molar-refractivity contribution in [2.24, 2.45) is 0 Å². The molecule has 3 aromatic carbocycles. The molecule has 3 heteroatoms. The van der Waals surface area contributed by atoms with Gasteiger partial charge in [-0.15, -0.1) is 0 Å². The summed E-state index contributed by atoms with van der Waals surface area (Å²) in [5.41, 5.74) is 15.0. The van der Waals surface area contributed by atoms with E-state index in [0.29, 0.717) is 53.3 Å². The first-order valence-corrected chi connectivity index (χ1v) is 37.6. The summed E-state index contributed by atoms with van der Waals surface area (Å²) in [5, 5.41) is 0. The van der Waals surface area contributed by atoms with Gasteiger partial charge in [0, 0.05) is 0 Å². The molecule has 0 saturated carbocycles. The van der Waals surface area contributed by atoms with E-state index in [1.54, 1.807) is 50.1 Å². The molecule has 1 aliphatic rings. The van der Waals surface area contributed by atoms with E-state index in [9.17, 15) is 0 Å². The molecule has 0 amide bonds. The van der Waals surface area contributed by atoms with Gasteiger partial charge < -0.3 is 0 Å². The average Bonchev–Trinajstić information content (AvgIpc) is 3.72. The average molecular weight is 835 g/mol. The van der Waals surface area contributed by atoms with Gasteiger partial charge in [0.25, 0.3) is 0 Å². The second kappa shape index (κ2) is 15.9. The predicted molar refractivity (Wildman–Crippen MR) is 222 cm³/mol. The summed E-state index contributed by atoms with van der Waals surface area (Å²) >= 11 is 0. The molecule has 0 atom stereocenters. The fourth-order valence-electron chi connectivity index (χ4n) is 7.14. The molecule has 4 rings (SSSR count). The molecule has 0 spiro atoms. The second-order valence-corrected chi connectivity index (χ2v) is 73.2. The normalized spacial score (nSPS) is 18.4. The van der Waals surface area contributed by atoms with Crippen LogP contribution in [0.2, 0.25) is 0 Å². The van der Waals surface area contributed by atoms with Crippen molar-refractivity contribution in [3.8, 4) is 0 Å². The molecular formula is C45H69As3. The number of hydrogen-bond acceptors (Lipinski definition) is 0. The quantitative estimate of drug-likeness (QED) is 0.160. The first-order valence-electron chi connectivity index (χ1n) is 19.2. The Kier molecular flexibility index (Phi) is 13.3. The fourth-order valence-corrected chi connectivity index (χ4v) is 127. The summed E-state index contributed by atoms with van der Waals surface area (Å²) < 4.78 is 5.85. The van der Waals surface area contributed by atoms with Crippen molar-refractivity contribution in [2.45, 2.75) is 178 Å². The van der Waals surface area contributed by atoms with Gasteiger partial charge in [-0.05, 0) is 0 Å². The Morgan fingerprint density at radius 1 is 0.250 bits per heavy atom. The molecule has 0 N–H and O–H groups in total. The van der Waals surface area contributed by atoms with Crippen LogP contribution in [0, 0.1) is 0 Å². The van der Waals surface area contributed by atoms with Crippen LogP contribution in [0.1, 0.15) is 228 Å². The van der Waals surface area contributed by atoms with Crippen LogP contribution in [0.3, 0.4) is 0 Å². The van der Waals surface area contributed by atoms with Gasteiger partial charge in [0.05, 0.1) is 0 Å². The van der Waals surface area contributed by atoms with Crippen molar-refractivity contribution in [2.75, 3.05) is 0 Å². The van der Waals surface area contributed by atoms with Crippen molar-refractivity contribution in [1.29, 1.82) is 0 Å². The standard InChI is InChI=1S/C45H69As3/c1-25(2)34-19-37(28(7)8)43(38(20-34)29(9)10)46-47(44-39(30(11)12)21-35(26(3)4)22-40(44)31(13)14)48(46)45-41(32(15)16)23-36(27(5)6)24-42(45)33(17)18/h19-33H,1-18H3. The van der Waals surface area contributed by atoms with Gasteiger partial charge >= 0.3 is 309 Å². The van der Waals surface area contributed by atoms with E-state index in [-0.39, 0.29) is 0 Å². The third-order valence-corrected chi connectivity index (χ3v) is 83.0. The summed E-state index contributed by atoms with van der Waals surface area (Å²) in [6.45, 7) is 44.3. The van der Waals surface area contributed by atoms with Gasteiger partial charge in [-0.2, -0.15) is 0 Å². The molecule has 1 saturated heterocycles.